The largest absolute Gasteiger partial charge is 0.323 e. The van der Waals surface area contributed by atoms with Crippen molar-refractivity contribution in [1.82, 2.24) is 19.9 Å². The lowest BCUT2D eigenvalue weighted by Crippen LogP contribution is -2.17. The molecule has 0 aliphatic heterocycles. The number of nitrogens with zero attached hydrogens (tertiary/aromatic N) is 3. The average molecular weight is 426 g/mol. The van der Waals surface area contributed by atoms with Gasteiger partial charge < -0.3 is 15.2 Å². The predicted molar refractivity (Wildman–Crippen MR) is 120 cm³/mol. The van der Waals surface area contributed by atoms with Crippen molar-refractivity contribution >= 4 is 45.9 Å². The van der Waals surface area contributed by atoms with Crippen molar-refractivity contribution in [3.8, 4) is 0 Å². The number of anilines is 2. The van der Waals surface area contributed by atoms with Gasteiger partial charge in [0.2, 0.25) is 5.95 Å². The molecule has 0 amide bonds. The summed E-state index contributed by atoms with van der Waals surface area (Å²) in [5, 5.41) is 7.83. The van der Waals surface area contributed by atoms with Gasteiger partial charge in [-0.25, -0.2) is 4.98 Å². The van der Waals surface area contributed by atoms with Crippen molar-refractivity contribution in [1.29, 1.82) is 0 Å². The second-order valence-electron chi connectivity index (χ2n) is 6.79. The van der Waals surface area contributed by atoms with Gasteiger partial charge in [-0.3, -0.25) is 4.98 Å². The highest BCUT2D eigenvalue weighted by Gasteiger charge is 2.12. The van der Waals surface area contributed by atoms with Gasteiger partial charge in [0, 0.05) is 38.4 Å². The highest BCUT2D eigenvalue weighted by atomic mass is 35.5. The third-order valence-electron chi connectivity index (χ3n) is 4.76. The van der Waals surface area contributed by atoms with E-state index in [0.717, 1.165) is 36.2 Å². The number of rotatable bonds is 7. The lowest BCUT2D eigenvalue weighted by Gasteiger charge is -2.09. The van der Waals surface area contributed by atoms with Crippen molar-refractivity contribution in [2.45, 2.75) is 13.0 Å². The van der Waals surface area contributed by atoms with Crippen LogP contribution in [0.3, 0.4) is 0 Å². The molecule has 0 aliphatic carbocycles. The number of benzene rings is 2. The van der Waals surface area contributed by atoms with Gasteiger partial charge in [0.05, 0.1) is 26.8 Å². The lowest BCUT2D eigenvalue weighted by atomic mass is 10.2. The number of hydrogen-bond donors (Lipinski definition) is 2. The molecule has 0 saturated heterocycles. The minimum atomic E-state index is 0.558. The molecule has 29 heavy (non-hydrogen) atoms. The average Bonchev–Trinajstić information content (AvgIpc) is 3.04. The van der Waals surface area contributed by atoms with E-state index >= 15 is 0 Å². The highest BCUT2D eigenvalue weighted by molar-refractivity contribution is 6.39. The van der Waals surface area contributed by atoms with Crippen molar-refractivity contribution in [2.24, 2.45) is 7.05 Å². The van der Waals surface area contributed by atoms with Crippen molar-refractivity contribution < 1.29 is 0 Å². The van der Waals surface area contributed by atoms with E-state index in [1.54, 1.807) is 12.1 Å². The summed E-state index contributed by atoms with van der Waals surface area (Å²) in [5.74, 6) is 0.690. The molecule has 2 N–H and O–H groups in total. The van der Waals surface area contributed by atoms with Gasteiger partial charge in [0.25, 0.3) is 0 Å². The summed E-state index contributed by atoms with van der Waals surface area (Å²) in [7, 11) is 1.97. The molecule has 0 unspecified atom stereocenters. The Morgan fingerprint density at radius 2 is 1.83 bits per heavy atom. The first-order valence-corrected chi connectivity index (χ1v) is 10.1. The van der Waals surface area contributed by atoms with Crippen LogP contribution in [0.4, 0.5) is 11.6 Å². The van der Waals surface area contributed by atoms with E-state index in [-0.39, 0.29) is 0 Å². The lowest BCUT2D eigenvalue weighted by molar-refractivity contribution is 0.680. The van der Waals surface area contributed by atoms with E-state index in [4.69, 9.17) is 28.2 Å². The van der Waals surface area contributed by atoms with Gasteiger partial charge in [0.1, 0.15) is 0 Å². The van der Waals surface area contributed by atoms with Gasteiger partial charge in [-0.1, -0.05) is 41.4 Å². The van der Waals surface area contributed by atoms with Crippen LogP contribution in [0.2, 0.25) is 10.0 Å². The zero-order valence-corrected chi connectivity index (χ0v) is 17.5. The van der Waals surface area contributed by atoms with E-state index in [2.05, 4.69) is 33.8 Å². The molecule has 0 atom stereocenters. The van der Waals surface area contributed by atoms with Gasteiger partial charge in [-0.05, 0) is 42.0 Å². The monoisotopic (exact) mass is 425 g/mol. The molecule has 4 rings (SSSR count). The van der Waals surface area contributed by atoms with Crippen LogP contribution in [-0.4, -0.2) is 21.1 Å². The molecular formula is C22H21Cl2N5. The van der Waals surface area contributed by atoms with E-state index in [1.165, 1.54) is 5.56 Å². The van der Waals surface area contributed by atoms with Crippen LogP contribution < -0.4 is 10.6 Å². The SMILES string of the molecule is Cn1c(Nc2c(Cl)cccc2Cl)nc2cc(CNCCc3ccccn3)ccc21. The van der Waals surface area contributed by atoms with Crippen LogP contribution in [0, 0.1) is 0 Å². The fourth-order valence-electron chi connectivity index (χ4n) is 3.19. The minimum absolute atomic E-state index is 0.558. The minimum Gasteiger partial charge on any atom is -0.323 e. The summed E-state index contributed by atoms with van der Waals surface area (Å²) in [6.07, 6.45) is 2.73. The summed E-state index contributed by atoms with van der Waals surface area (Å²) in [6.45, 7) is 1.65. The van der Waals surface area contributed by atoms with E-state index in [9.17, 15) is 0 Å². The zero-order chi connectivity index (χ0) is 20.2. The molecule has 0 bridgehead atoms. The molecule has 0 aliphatic rings. The van der Waals surface area contributed by atoms with Crippen LogP contribution in [0.5, 0.6) is 0 Å². The van der Waals surface area contributed by atoms with Crippen LogP contribution >= 0.6 is 23.2 Å². The summed E-state index contributed by atoms with van der Waals surface area (Å²) in [4.78, 5) is 9.07. The van der Waals surface area contributed by atoms with Crippen LogP contribution in [0.1, 0.15) is 11.3 Å². The quantitative estimate of drug-likeness (QED) is 0.391. The van der Waals surface area contributed by atoms with E-state index in [1.807, 2.05) is 42.1 Å². The number of para-hydroxylation sites is 1. The van der Waals surface area contributed by atoms with Crippen molar-refractivity contribution in [3.63, 3.8) is 0 Å². The zero-order valence-electron chi connectivity index (χ0n) is 16.0. The number of pyridine rings is 1. The molecule has 7 heteroatoms. The topological polar surface area (TPSA) is 54.8 Å². The number of fused-ring (bicyclic) bond motifs is 1. The van der Waals surface area contributed by atoms with Crippen molar-refractivity contribution in [2.75, 3.05) is 11.9 Å². The Balaban J connectivity index is 1.45. The second-order valence-corrected chi connectivity index (χ2v) is 7.60. The number of hydrogen-bond acceptors (Lipinski definition) is 4. The van der Waals surface area contributed by atoms with E-state index < -0.39 is 0 Å². The smallest absolute Gasteiger partial charge is 0.208 e. The standard InChI is InChI=1S/C22H21Cl2N5/c1-29-20-9-8-15(14-25-12-10-16-5-2-3-11-26-16)13-19(20)27-22(29)28-21-17(23)6-4-7-18(21)24/h2-9,11,13,25H,10,12,14H2,1H3,(H,27,28). The van der Waals surface area contributed by atoms with Gasteiger partial charge in [0.15, 0.2) is 0 Å². The number of halogens is 2. The molecule has 0 fully saturated rings. The Hall–Kier alpha value is -2.60. The van der Waals surface area contributed by atoms with Gasteiger partial charge in [-0.2, -0.15) is 0 Å². The molecule has 2 heterocycles. The number of imidazole rings is 1. The Labute approximate surface area is 179 Å². The van der Waals surface area contributed by atoms with Crippen LogP contribution in [0.15, 0.2) is 60.8 Å². The molecule has 0 saturated carbocycles. The molecule has 148 valence electrons. The fourth-order valence-corrected chi connectivity index (χ4v) is 3.68. The number of aromatic nitrogens is 3. The summed E-state index contributed by atoms with van der Waals surface area (Å²) >= 11 is 12.5. The highest BCUT2D eigenvalue weighted by Crippen LogP contribution is 2.33. The molecule has 2 aromatic carbocycles. The second kappa shape index (κ2) is 8.82. The maximum atomic E-state index is 6.27. The first kappa shape index (κ1) is 19.7. The number of aryl methyl sites for hydroxylation is 1. The van der Waals surface area contributed by atoms with Crippen LogP contribution in [-0.2, 0) is 20.0 Å². The Morgan fingerprint density at radius 1 is 1.00 bits per heavy atom. The maximum Gasteiger partial charge on any atom is 0.208 e. The number of nitrogens with one attached hydrogen (secondary N) is 2. The van der Waals surface area contributed by atoms with Crippen LogP contribution in [0.25, 0.3) is 11.0 Å². The first-order chi connectivity index (χ1) is 14.1. The molecule has 5 nitrogen and oxygen atoms in total. The first-order valence-electron chi connectivity index (χ1n) is 9.39. The van der Waals surface area contributed by atoms with Crippen molar-refractivity contribution in [3.05, 3.63) is 82.1 Å². The Bertz CT molecular complexity index is 1100. The summed E-state index contributed by atoms with van der Waals surface area (Å²) in [5.41, 5.74) is 4.88. The molecule has 0 spiro atoms. The predicted octanol–water partition coefficient (Wildman–Crippen LogP) is 5.35. The third-order valence-corrected chi connectivity index (χ3v) is 5.39. The van der Waals surface area contributed by atoms with Gasteiger partial charge >= 0.3 is 0 Å². The summed E-state index contributed by atoms with van der Waals surface area (Å²) < 4.78 is 1.99. The fraction of sp³-hybridized carbons (Fsp3) is 0.182. The third kappa shape index (κ3) is 4.53. The normalized spacial score (nSPS) is 11.1. The molecule has 2 aromatic heterocycles. The Kier molecular flexibility index (Phi) is 6.00. The molecule has 4 aromatic rings. The summed E-state index contributed by atoms with van der Waals surface area (Å²) in [6, 6.07) is 17.7. The van der Waals surface area contributed by atoms with E-state index in [0.29, 0.717) is 21.7 Å². The molecular weight excluding hydrogens is 405 g/mol. The molecule has 0 radical (unpaired) electrons. The van der Waals surface area contributed by atoms with Gasteiger partial charge in [-0.15, -0.1) is 0 Å². The Morgan fingerprint density at radius 3 is 2.59 bits per heavy atom. The maximum absolute atomic E-state index is 6.27.